The molecule has 34 heavy (non-hydrogen) atoms. The van der Waals surface area contributed by atoms with Crippen molar-refractivity contribution in [2.24, 2.45) is 0 Å². The van der Waals surface area contributed by atoms with Crippen molar-refractivity contribution >= 4 is 38.0 Å². The predicted octanol–water partition coefficient (Wildman–Crippen LogP) is 8.96. The second-order valence-corrected chi connectivity index (χ2v) is 12.2. The smallest absolute Gasteiger partial charge is 0.126 e. The van der Waals surface area contributed by atoms with Gasteiger partial charge in [-0.15, -0.1) is 11.3 Å². The van der Waals surface area contributed by atoms with E-state index in [0.717, 1.165) is 32.5 Å². The zero-order valence-electron chi connectivity index (χ0n) is 20.9. The Kier molecular flexibility index (Phi) is 5.29. The molecule has 0 saturated heterocycles. The number of nitrogens with two attached hydrogens (primary N) is 1. The summed E-state index contributed by atoms with van der Waals surface area (Å²) in [5, 5.41) is 3.20. The topological polar surface area (TPSA) is 38.9 Å². The number of aromatic nitrogens is 1. The molecule has 5 aromatic rings. The van der Waals surface area contributed by atoms with E-state index in [4.69, 9.17) is 10.7 Å². The van der Waals surface area contributed by atoms with Crippen molar-refractivity contribution in [1.82, 2.24) is 4.98 Å². The van der Waals surface area contributed by atoms with E-state index in [1.807, 2.05) is 12.1 Å². The average Bonchev–Trinajstić information content (AvgIpc) is 3.22. The Hall–Kier alpha value is -3.17. The first kappa shape index (κ1) is 22.6. The Morgan fingerprint density at radius 1 is 0.706 bits per heavy atom. The molecule has 0 aliphatic heterocycles. The van der Waals surface area contributed by atoms with Gasteiger partial charge in [-0.2, -0.15) is 0 Å². The molecular formula is C31H32N2S. The van der Waals surface area contributed by atoms with Crippen molar-refractivity contribution in [2.75, 3.05) is 5.73 Å². The molecule has 0 fully saturated rings. The highest BCUT2D eigenvalue weighted by Gasteiger charge is 2.21. The van der Waals surface area contributed by atoms with E-state index >= 15 is 0 Å². The molecule has 2 nitrogen and oxygen atoms in total. The van der Waals surface area contributed by atoms with Gasteiger partial charge in [-0.05, 0) is 51.1 Å². The van der Waals surface area contributed by atoms with Crippen LogP contribution in [0.25, 0.3) is 42.7 Å². The number of hydrogen-bond acceptors (Lipinski definition) is 3. The molecule has 4 aromatic carbocycles. The van der Waals surface area contributed by atoms with E-state index in [-0.39, 0.29) is 10.8 Å². The summed E-state index contributed by atoms with van der Waals surface area (Å²) in [6.45, 7) is 13.6. The zero-order valence-corrected chi connectivity index (χ0v) is 21.7. The first-order chi connectivity index (χ1) is 16.0. The molecule has 0 atom stereocenters. The van der Waals surface area contributed by atoms with Crippen molar-refractivity contribution in [1.29, 1.82) is 0 Å². The maximum atomic E-state index is 6.65. The van der Waals surface area contributed by atoms with Gasteiger partial charge >= 0.3 is 0 Å². The Morgan fingerprint density at radius 2 is 1.38 bits per heavy atom. The molecule has 5 rings (SSSR count). The lowest BCUT2D eigenvalue weighted by Crippen LogP contribution is -2.11. The van der Waals surface area contributed by atoms with Gasteiger partial charge in [0, 0.05) is 22.2 Å². The van der Waals surface area contributed by atoms with E-state index < -0.39 is 0 Å². The monoisotopic (exact) mass is 464 g/mol. The molecule has 0 amide bonds. The van der Waals surface area contributed by atoms with Gasteiger partial charge in [0.1, 0.15) is 5.01 Å². The Balaban J connectivity index is 1.72. The van der Waals surface area contributed by atoms with Crippen LogP contribution in [0.2, 0.25) is 0 Å². The van der Waals surface area contributed by atoms with Crippen LogP contribution in [-0.2, 0) is 10.8 Å². The zero-order chi connectivity index (χ0) is 24.3. The molecule has 0 spiro atoms. The molecule has 3 heteroatoms. The van der Waals surface area contributed by atoms with Crippen molar-refractivity contribution in [2.45, 2.75) is 52.4 Å². The largest absolute Gasteiger partial charge is 0.398 e. The number of fused-ring (bicyclic) bond motifs is 2. The minimum absolute atomic E-state index is 0.0421. The van der Waals surface area contributed by atoms with Crippen LogP contribution in [0.15, 0.2) is 72.8 Å². The molecule has 0 bridgehead atoms. The van der Waals surface area contributed by atoms with Crippen LogP contribution in [0.1, 0.15) is 52.7 Å². The van der Waals surface area contributed by atoms with Gasteiger partial charge in [0.15, 0.2) is 0 Å². The predicted molar refractivity (Wildman–Crippen MR) is 150 cm³/mol. The van der Waals surface area contributed by atoms with Crippen LogP contribution in [0.3, 0.4) is 0 Å². The van der Waals surface area contributed by atoms with Gasteiger partial charge in [0.25, 0.3) is 0 Å². The third-order valence-electron chi connectivity index (χ3n) is 6.62. The molecule has 0 aliphatic carbocycles. The minimum Gasteiger partial charge on any atom is -0.398 e. The fourth-order valence-electron chi connectivity index (χ4n) is 4.43. The van der Waals surface area contributed by atoms with E-state index in [0.29, 0.717) is 0 Å². The lowest BCUT2D eigenvalue weighted by molar-refractivity contribution is 0.590. The molecule has 0 radical (unpaired) electrons. The maximum absolute atomic E-state index is 6.65. The number of nitrogen functional groups attached to an aromatic ring is 1. The number of nitrogens with zero attached hydrogens (tertiary/aromatic N) is 1. The van der Waals surface area contributed by atoms with Gasteiger partial charge in [0.2, 0.25) is 0 Å². The molecule has 1 aromatic heterocycles. The van der Waals surface area contributed by atoms with E-state index in [9.17, 15) is 0 Å². The van der Waals surface area contributed by atoms with E-state index in [1.54, 1.807) is 11.3 Å². The number of rotatable bonds is 2. The second kappa shape index (κ2) is 7.95. The number of benzene rings is 4. The minimum atomic E-state index is 0.0421. The Labute approximate surface area is 206 Å². The summed E-state index contributed by atoms with van der Waals surface area (Å²) in [5.74, 6) is 0. The highest BCUT2D eigenvalue weighted by molar-refractivity contribution is 7.21. The Bertz CT molecular complexity index is 1510. The molecule has 0 unspecified atom stereocenters. The number of thiazole rings is 1. The Morgan fingerprint density at radius 3 is 2.06 bits per heavy atom. The highest BCUT2D eigenvalue weighted by atomic mass is 32.1. The van der Waals surface area contributed by atoms with Crippen LogP contribution in [0.4, 0.5) is 5.69 Å². The molecule has 172 valence electrons. The van der Waals surface area contributed by atoms with Crippen molar-refractivity contribution in [3.05, 3.63) is 83.9 Å². The van der Waals surface area contributed by atoms with Gasteiger partial charge < -0.3 is 5.73 Å². The van der Waals surface area contributed by atoms with Gasteiger partial charge in [-0.1, -0.05) is 96.1 Å². The van der Waals surface area contributed by atoms with Crippen LogP contribution in [0, 0.1) is 0 Å². The SMILES string of the molecule is CC(C)(C)c1ccc(-c2cc(C(C)(C)C)cc3sc(-c4ccc5ccccc5c4N)nc23)cc1. The third-order valence-corrected chi connectivity index (χ3v) is 7.66. The van der Waals surface area contributed by atoms with Crippen molar-refractivity contribution in [3.8, 4) is 21.7 Å². The summed E-state index contributed by atoms with van der Waals surface area (Å²) >= 11 is 1.73. The quantitative estimate of drug-likeness (QED) is 0.265. The molecule has 0 saturated carbocycles. The summed E-state index contributed by atoms with van der Waals surface area (Å²) < 4.78 is 1.20. The normalized spacial score (nSPS) is 12.5. The number of hydrogen-bond donors (Lipinski definition) is 1. The highest BCUT2D eigenvalue weighted by Crippen LogP contribution is 2.42. The maximum Gasteiger partial charge on any atom is 0.126 e. The van der Waals surface area contributed by atoms with Crippen LogP contribution in [0.5, 0.6) is 0 Å². The second-order valence-electron chi connectivity index (χ2n) is 11.2. The first-order valence-corrected chi connectivity index (χ1v) is 12.7. The van der Waals surface area contributed by atoms with E-state index in [1.165, 1.54) is 27.0 Å². The van der Waals surface area contributed by atoms with Crippen molar-refractivity contribution in [3.63, 3.8) is 0 Å². The van der Waals surface area contributed by atoms with Crippen LogP contribution in [-0.4, -0.2) is 4.98 Å². The number of anilines is 1. The van der Waals surface area contributed by atoms with E-state index in [2.05, 4.69) is 102 Å². The van der Waals surface area contributed by atoms with Gasteiger partial charge in [-0.3, -0.25) is 0 Å². The molecule has 1 heterocycles. The summed E-state index contributed by atoms with van der Waals surface area (Å²) in [7, 11) is 0. The fraction of sp³-hybridized carbons (Fsp3) is 0.258. The fourth-order valence-corrected chi connectivity index (χ4v) is 5.50. The van der Waals surface area contributed by atoms with Crippen LogP contribution >= 0.6 is 11.3 Å². The summed E-state index contributed by atoms with van der Waals surface area (Å²) in [6, 6.07) is 26.1. The summed E-state index contributed by atoms with van der Waals surface area (Å²) in [4.78, 5) is 5.16. The summed E-state index contributed by atoms with van der Waals surface area (Å²) in [6.07, 6.45) is 0. The average molecular weight is 465 g/mol. The lowest BCUT2D eigenvalue weighted by atomic mass is 9.84. The van der Waals surface area contributed by atoms with Gasteiger partial charge in [-0.25, -0.2) is 4.98 Å². The third kappa shape index (κ3) is 3.99. The molecule has 2 N–H and O–H groups in total. The van der Waals surface area contributed by atoms with Crippen LogP contribution < -0.4 is 5.73 Å². The van der Waals surface area contributed by atoms with Gasteiger partial charge in [0.05, 0.1) is 10.2 Å². The molecular weight excluding hydrogens is 432 g/mol. The molecule has 0 aliphatic rings. The summed E-state index contributed by atoms with van der Waals surface area (Å²) in [5.41, 5.74) is 14.7. The standard InChI is InChI=1S/C31H32N2S/c1-30(2,3)21-14-11-20(12-15-21)25-17-22(31(4,5)6)18-26-28(25)33-29(34-26)24-16-13-19-9-7-8-10-23(19)27(24)32/h7-18H,32H2,1-6H3. The lowest BCUT2D eigenvalue weighted by Gasteiger charge is -2.21. The van der Waals surface area contributed by atoms with Crippen molar-refractivity contribution < 1.29 is 0 Å². The first-order valence-electron chi connectivity index (χ1n) is 11.9.